The van der Waals surface area contributed by atoms with E-state index in [1.807, 2.05) is 36.5 Å². The molecule has 2 heterocycles. The van der Waals surface area contributed by atoms with Crippen LogP contribution in [0.15, 0.2) is 42.7 Å². The maximum atomic E-state index is 12.8. The molecule has 7 nitrogen and oxygen atoms in total. The number of aromatic nitrogens is 2. The third kappa shape index (κ3) is 3.92. The van der Waals surface area contributed by atoms with Gasteiger partial charge in [-0.25, -0.2) is 13.1 Å². The SMILES string of the molecule is CS(=O)(=O)C1(C(=O)NCc2ccccc2-n2cccn2)CCNCC1.Cl. The van der Waals surface area contributed by atoms with Crippen LogP contribution in [0.25, 0.3) is 5.69 Å². The summed E-state index contributed by atoms with van der Waals surface area (Å²) in [5, 5.41) is 10.2. The summed E-state index contributed by atoms with van der Waals surface area (Å²) in [5.41, 5.74) is 1.73. The third-order valence-electron chi connectivity index (χ3n) is 4.72. The molecule has 1 aliphatic rings. The van der Waals surface area contributed by atoms with Gasteiger partial charge in [-0.15, -0.1) is 12.4 Å². The number of amides is 1. The van der Waals surface area contributed by atoms with Gasteiger partial charge in [0.05, 0.1) is 5.69 Å². The van der Waals surface area contributed by atoms with Crippen LogP contribution in [0.2, 0.25) is 0 Å². The highest BCUT2D eigenvalue weighted by molar-refractivity contribution is 7.92. The topological polar surface area (TPSA) is 93.1 Å². The molecule has 0 spiro atoms. The molecule has 1 aromatic carbocycles. The van der Waals surface area contributed by atoms with Gasteiger partial charge in [-0.05, 0) is 43.6 Å². The van der Waals surface area contributed by atoms with Crippen LogP contribution in [0.3, 0.4) is 0 Å². The lowest BCUT2D eigenvalue weighted by atomic mass is 9.95. The number of para-hydroxylation sites is 1. The van der Waals surface area contributed by atoms with Crippen molar-refractivity contribution >= 4 is 28.2 Å². The van der Waals surface area contributed by atoms with Crippen LogP contribution in [0.5, 0.6) is 0 Å². The maximum absolute atomic E-state index is 12.8. The van der Waals surface area contributed by atoms with Crippen molar-refractivity contribution in [3.05, 3.63) is 48.3 Å². The number of sulfone groups is 1. The molecule has 1 saturated heterocycles. The molecular weight excluding hydrogens is 376 g/mol. The van der Waals surface area contributed by atoms with E-state index in [0.717, 1.165) is 17.5 Å². The minimum absolute atomic E-state index is 0. The molecule has 0 bridgehead atoms. The Morgan fingerprint density at radius 2 is 1.96 bits per heavy atom. The summed E-state index contributed by atoms with van der Waals surface area (Å²) in [6, 6.07) is 9.40. The number of rotatable bonds is 5. The molecule has 26 heavy (non-hydrogen) atoms. The predicted octanol–water partition coefficient (Wildman–Crippen LogP) is 1.08. The van der Waals surface area contributed by atoms with Crippen molar-refractivity contribution in [2.45, 2.75) is 24.1 Å². The number of carbonyl (C=O) groups is 1. The van der Waals surface area contributed by atoms with Crippen molar-refractivity contribution in [2.24, 2.45) is 0 Å². The standard InChI is InChI=1S/C17H22N4O3S.ClH/c1-25(23,24)17(7-10-18-11-8-17)16(22)19-13-14-5-2-3-6-15(14)21-12-4-9-20-21;/h2-6,9,12,18H,7-8,10-11,13H2,1H3,(H,19,22);1H. The Morgan fingerprint density at radius 1 is 1.27 bits per heavy atom. The Labute approximate surface area is 159 Å². The molecule has 0 saturated carbocycles. The Balaban J connectivity index is 0.00000243. The van der Waals surface area contributed by atoms with Crippen LogP contribution >= 0.6 is 12.4 Å². The van der Waals surface area contributed by atoms with Crippen LogP contribution in [-0.2, 0) is 21.2 Å². The van der Waals surface area contributed by atoms with Gasteiger partial charge < -0.3 is 10.6 Å². The number of benzene rings is 1. The highest BCUT2D eigenvalue weighted by atomic mass is 35.5. The van der Waals surface area contributed by atoms with Gasteiger partial charge in [-0.2, -0.15) is 5.10 Å². The van der Waals surface area contributed by atoms with Gasteiger partial charge in [-0.1, -0.05) is 18.2 Å². The summed E-state index contributed by atoms with van der Waals surface area (Å²) in [6.45, 7) is 1.29. The second kappa shape index (κ2) is 8.20. The van der Waals surface area contributed by atoms with E-state index in [0.29, 0.717) is 25.9 Å². The van der Waals surface area contributed by atoms with Crippen molar-refractivity contribution < 1.29 is 13.2 Å². The fraction of sp³-hybridized carbons (Fsp3) is 0.412. The van der Waals surface area contributed by atoms with Gasteiger partial charge in [0.25, 0.3) is 0 Å². The van der Waals surface area contributed by atoms with Crippen molar-refractivity contribution in [3.8, 4) is 5.69 Å². The number of nitrogens with one attached hydrogen (secondary N) is 2. The molecule has 0 aliphatic carbocycles. The monoisotopic (exact) mass is 398 g/mol. The molecule has 1 aliphatic heterocycles. The van der Waals surface area contributed by atoms with Gasteiger partial charge in [0.2, 0.25) is 5.91 Å². The highest BCUT2D eigenvalue weighted by Gasteiger charge is 2.48. The summed E-state index contributed by atoms with van der Waals surface area (Å²) >= 11 is 0. The Bertz CT molecular complexity index is 847. The lowest BCUT2D eigenvalue weighted by Gasteiger charge is -2.34. The zero-order valence-electron chi connectivity index (χ0n) is 14.5. The van der Waals surface area contributed by atoms with Crippen molar-refractivity contribution in [1.82, 2.24) is 20.4 Å². The van der Waals surface area contributed by atoms with Crippen molar-refractivity contribution in [3.63, 3.8) is 0 Å². The fourth-order valence-corrected chi connectivity index (χ4v) is 4.58. The Morgan fingerprint density at radius 3 is 2.58 bits per heavy atom. The first-order valence-electron chi connectivity index (χ1n) is 8.21. The largest absolute Gasteiger partial charge is 0.351 e. The summed E-state index contributed by atoms with van der Waals surface area (Å²) in [5.74, 6) is -0.424. The molecule has 3 rings (SSSR count). The Kier molecular flexibility index (Phi) is 6.44. The lowest BCUT2D eigenvalue weighted by molar-refractivity contribution is -0.124. The normalized spacial score (nSPS) is 16.5. The van der Waals surface area contributed by atoms with Crippen LogP contribution < -0.4 is 10.6 Å². The van der Waals surface area contributed by atoms with Gasteiger partial charge in [0.1, 0.15) is 0 Å². The maximum Gasteiger partial charge on any atom is 0.241 e. The minimum Gasteiger partial charge on any atom is -0.351 e. The predicted molar refractivity (Wildman–Crippen MR) is 102 cm³/mol. The molecule has 2 aromatic rings. The van der Waals surface area contributed by atoms with E-state index in [1.54, 1.807) is 10.9 Å². The second-order valence-corrected chi connectivity index (χ2v) is 8.60. The van der Waals surface area contributed by atoms with Gasteiger partial charge in [0.15, 0.2) is 14.6 Å². The summed E-state index contributed by atoms with van der Waals surface area (Å²) in [7, 11) is -3.51. The van der Waals surface area contributed by atoms with Crippen LogP contribution in [-0.4, -0.2) is 48.2 Å². The van der Waals surface area contributed by atoms with E-state index >= 15 is 0 Å². The van der Waals surface area contributed by atoms with E-state index in [-0.39, 0.29) is 19.0 Å². The van der Waals surface area contributed by atoms with E-state index < -0.39 is 20.5 Å². The van der Waals surface area contributed by atoms with Crippen molar-refractivity contribution in [1.29, 1.82) is 0 Å². The zero-order chi connectivity index (χ0) is 17.9. The second-order valence-electron chi connectivity index (χ2n) is 6.28. The molecule has 1 aromatic heterocycles. The Hall–Kier alpha value is -1.90. The molecule has 0 atom stereocenters. The summed E-state index contributed by atoms with van der Waals surface area (Å²) in [4.78, 5) is 12.8. The first-order valence-corrected chi connectivity index (χ1v) is 10.1. The fourth-order valence-electron chi connectivity index (χ4n) is 3.23. The van der Waals surface area contributed by atoms with E-state index in [1.165, 1.54) is 0 Å². The number of hydrogen-bond donors (Lipinski definition) is 2. The molecule has 1 fully saturated rings. The van der Waals surface area contributed by atoms with Gasteiger partial charge >= 0.3 is 0 Å². The number of piperidine rings is 1. The average Bonchev–Trinajstić information content (AvgIpc) is 3.14. The highest BCUT2D eigenvalue weighted by Crippen LogP contribution is 2.28. The van der Waals surface area contributed by atoms with Crippen LogP contribution in [0.4, 0.5) is 0 Å². The van der Waals surface area contributed by atoms with E-state index in [4.69, 9.17) is 0 Å². The molecule has 2 N–H and O–H groups in total. The van der Waals surface area contributed by atoms with Crippen LogP contribution in [0, 0.1) is 0 Å². The molecule has 9 heteroatoms. The lowest BCUT2D eigenvalue weighted by Crippen LogP contribution is -2.57. The zero-order valence-corrected chi connectivity index (χ0v) is 16.1. The van der Waals surface area contributed by atoms with Gasteiger partial charge in [-0.3, -0.25) is 4.79 Å². The molecule has 142 valence electrons. The first-order chi connectivity index (χ1) is 11.9. The molecule has 0 radical (unpaired) electrons. The third-order valence-corrected chi connectivity index (χ3v) is 6.73. The minimum atomic E-state index is -3.51. The number of nitrogens with zero attached hydrogens (tertiary/aromatic N) is 2. The summed E-state index contributed by atoms with van der Waals surface area (Å²) in [6.07, 6.45) is 5.24. The first kappa shape index (κ1) is 20.4. The van der Waals surface area contributed by atoms with Gasteiger partial charge in [0, 0.05) is 25.2 Å². The number of hydrogen-bond acceptors (Lipinski definition) is 5. The molecular formula is C17H23ClN4O3S. The van der Waals surface area contributed by atoms with E-state index in [2.05, 4.69) is 15.7 Å². The summed E-state index contributed by atoms with van der Waals surface area (Å²) < 4.78 is 25.0. The molecule has 0 unspecified atom stereocenters. The van der Waals surface area contributed by atoms with E-state index in [9.17, 15) is 13.2 Å². The molecule has 1 amide bonds. The van der Waals surface area contributed by atoms with Crippen LogP contribution in [0.1, 0.15) is 18.4 Å². The smallest absolute Gasteiger partial charge is 0.241 e. The van der Waals surface area contributed by atoms with Crippen molar-refractivity contribution in [2.75, 3.05) is 19.3 Å². The number of carbonyl (C=O) groups excluding carboxylic acids is 1. The average molecular weight is 399 g/mol. The quantitative estimate of drug-likeness (QED) is 0.786. The number of halogens is 1.